The lowest BCUT2D eigenvalue weighted by molar-refractivity contribution is -0.153. The van der Waals surface area contributed by atoms with Gasteiger partial charge in [0.25, 0.3) is 0 Å². The second kappa shape index (κ2) is 6.58. The van der Waals surface area contributed by atoms with Crippen LogP contribution >= 0.6 is 0 Å². The Bertz CT molecular complexity index is 864. The van der Waals surface area contributed by atoms with Crippen molar-refractivity contribution in [1.29, 1.82) is 0 Å². The zero-order chi connectivity index (χ0) is 19.3. The van der Waals surface area contributed by atoms with Gasteiger partial charge in [0.15, 0.2) is 0 Å². The Balaban J connectivity index is 1.37. The number of rotatable bonds is 6. The molecule has 2 amide bonds. The van der Waals surface area contributed by atoms with Crippen molar-refractivity contribution in [3.05, 3.63) is 47.7 Å². The molecule has 3 heterocycles. The van der Waals surface area contributed by atoms with E-state index < -0.39 is 0 Å². The van der Waals surface area contributed by atoms with Crippen LogP contribution in [0.15, 0.2) is 34.7 Å². The summed E-state index contributed by atoms with van der Waals surface area (Å²) in [5.41, 5.74) is 1.18. The lowest BCUT2D eigenvalue weighted by atomic mass is 9.85. The maximum absolute atomic E-state index is 13.1. The molecule has 1 aromatic heterocycles. The zero-order valence-corrected chi connectivity index (χ0v) is 16.4. The van der Waals surface area contributed by atoms with Crippen molar-refractivity contribution in [2.24, 2.45) is 5.41 Å². The van der Waals surface area contributed by atoms with Crippen molar-refractivity contribution < 1.29 is 14.0 Å². The van der Waals surface area contributed by atoms with Crippen molar-refractivity contribution in [1.82, 2.24) is 20.2 Å². The quantitative estimate of drug-likeness (QED) is 0.754. The van der Waals surface area contributed by atoms with E-state index in [1.54, 1.807) is 5.06 Å². The molecule has 1 saturated carbocycles. The van der Waals surface area contributed by atoms with Crippen molar-refractivity contribution in [3.63, 3.8) is 0 Å². The van der Waals surface area contributed by atoms with Crippen LogP contribution in [-0.4, -0.2) is 38.8 Å². The Morgan fingerprint density at radius 3 is 2.79 bits per heavy atom. The Hall–Kier alpha value is -2.41. The molecule has 0 radical (unpaired) electrons. The number of carbonyl (C=O) groups is 1. The van der Waals surface area contributed by atoms with Gasteiger partial charge in [0.05, 0.1) is 6.04 Å². The number of piperidine rings is 1. The smallest absolute Gasteiger partial charge is 0.345 e. The minimum absolute atomic E-state index is 0.0852. The number of benzene rings is 1. The van der Waals surface area contributed by atoms with Gasteiger partial charge in [-0.1, -0.05) is 44.2 Å². The minimum atomic E-state index is -0.151. The molecule has 5 rings (SSSR count). The molecule has 148 valence electrons. The molecule has 0 N–H and O–H groups in total. The largest absolute Gasteiger partial charge is 0.423 e. The highest BCUT2D eigenvalue weighted by molar-refractivity contribution is 5.77. The van der Waals surface area contributed by atoms with Gasteiger partial charge in [0.2, 0.25) is 11.8 Å². The zero-order valence-electron chi connectivity index (χ0n) is 16.4. The van der Waals surface area contributed by atoms with E-state index in [0.29, 0.717) is 24.9 Å². The fraction of sp³-hybridized carbons (Fsp3) is 0.571. The summed E-state index contributed by atoms with van der Waals surface area (Å²) < 4.78 is 5.98. The van der Waals surface area contributed by atoms with Gasteiger partial charge in [-0.2, -0.15) is 5.06 Å². The highest BCUT2D eigenvalue weighted by Crippen LogP contribution is 2.61. The van der Waals surface area contributed by atoms with Crippen LogP contribution in [0.25, 0.3) is 0 Å². The van der Waals surface area contributed by atoms with E-state index in [0.717, 1.165) is 31.2 Å². The van der Waals surface area contributed by atoms with E-state index >= 15 is 0 Å². The first-order valence-corrected chi connectivity index (χ1v) is 10.2. The molecule has 28 heavy (non-hydrogen) atoms. The number of aromatic nitrogens is 2. The number of urea groups is 1. The van der Waals surface area contributed by atoms with E-state index in [1.165, 1.54) is 0 Å². The first-order valence-electron chi connectivity index (χ1n) is 10.2. The molecule has 7 heteroatoms. The predicted molar refractivity (Wildman–Crippen MR) is 101 cm³/mol. The lowest BCUT2D eigenvalue weighted by Crippen LogP contribution is -2.42. The first-order chi connectivity index (χ1) is 13.6. The van der Waals surface area contributed by atoms with Gasteiger partial charge in [-0.3, -0.25) is 4.84 Å². The molecule has 3 aliphatic rings. The van der Waals surface area contributed by atoms with Crippen molar-refractivity contribution in [2.45, 2.75) is 64.1 Å². The van der Waals surface area contributed by atoms with E-state index in [9.17, 15) is 4.79 Å². The molecule has 2 aliphatic heterocycles. The molecule has 3 fully saturated rings. The summed E-state index contributed by atoms with van der Waals surface area (Å²) in [5, 5.41) is 10.2. The molecule has 2 bridgehead atoms. The molecular weight excluding hydrogens is 356 g/mol. The number of carbonyl (C=O) groups excluding carboxylic acids is 1. The SMILES string of the molecule is CCC(C)c1nnc([C@@H]2CC3(CC3)[C@@H]3CN2C(=O)N3OCc2ccccc2)o1. The van der Waals surface area contributed by atoms with Crippen LogP contribution in [0.5, 0.6) is 0 Å². The predicted octanol–water partition coefficient (Wildman–Crippen LogP) is 4.05. The Kier molecular flexibility index (Phi) is 4.16. The third-order valence-corrected chi connectivity index (χ3v) is 6.65. The summed E-state index contributed by atoms with van der Waals surface area (Å²) in [5.74, 6) is 1.46. The Morgan fingerprint density at radius 2 is 2.07 bits per heavy atom. The monoisotopic (exact) mass is 382 g/mol. The molecule has 1 unspecified atom stereocenters. The summed E-state index contributed by atoms with van der Waals surface area (Å²) in [7, 11) is 0. The molecule has 1 spiro atoms. The Morgan fingerprint density at radius 1 is 1.29 bits per heavy atom. The van der Waals surface area contributed by atoms with Crippen LogP contribution in [0.4, 0.5) is 4.79 Å². The van der Waals surface area contributed by atoms with Crippen LogP contribution in [-0.2, 0) is 11.4 Å². The third-order valence-electron chi connectivity index (χ3n) is 6.65. The summed E-state index contributed by atoms with van der Waals surface area (Å²) in [6.07, 6.45) is 4.05. The molecule has 2 saturated heterocycles. The number of hydrogen-bond acceptors (Lipinski definition) is 5. The van der Waals surface area contributed by atoms with Crippen LogP contribution in [0.2, 0.25) is 0 Å². The van der Waals surface area contributed by atoms with Gasteiger partial charge in [-0.15, -0.1) is 10.2 Å². The average Bonchev–Trinajstić information content (AvgIpc) is 3.20. The normalized spacial score (nSPS) is 26.1. The number of hydroxylamine groups is 2. The van der Waals surface area contributed by atoms with Gasteiger partial charge in [0, 0.05) is 12.5 Å². The maximum Gasteiger partial charge on any atom is 0.345 e. The van der Waals surface area contributed by atoms with Gasteiger partial charge >= 0.3 is 6.03 Å². The first kappa shape index (κ1) is 17.7. The number of amides is 2. The van der Waals surface area contributed by atoms with Crippen molar-refractivity contribution >= 4 is 6.03 Å². The molecule has 7 nitrogen and oxygen atoms in total. The molecule has 2 aromatic rings. The molecule has 3 atom stereocenters. The maximum atomic E-state index is 13.1. The second-order valence-corrected chi connectivity index (χ2v) is 8.41. The highest BCUT2D eigenvalue weighted by Gasteiger charge is 2.64. The number of fused-ring (bicyclic) bond motifs is 3. The van der Waals surface area contributed by atoms with E-state index in [1.807, 2.05) is 35.2 Å². The Labute approximate surface area is 164 Å². The highest BCUT2D eigenvalue weighted by atomic mass is 16.7. The third kappa shape index (κ3) is 2.80. The fourth-order valence-corrected chi connectivity index (χ4v) is 4.47. The summed E-state index contributed by atoms with van der Waals surface area (Å²) in [4.78, 5) is 21.0. The molecular formula is C21H26N4O3. The summed E-state index contributed by atoms with van der Waals surface area (Å²) in [6, 6.07) is 9.83. The van der Waals surface area contributed by atoms with Crippen molar-refractivity contribution in [3.8, 4) is 0 Å². The van der Waals surface area contributed by atoms with Gasteiger partial charge < -0.3 is 9.32 Å². The second-order valence-electron chi connectivity index (χ2n) is 8.41. The standard InChI is InChI=1S/C21H26N4O3/c1-3-14(2)18-22-23-19(28-18)16-11-21(9-10-21)17-12-24(16)20(26)25(17)27-13-15-7-5-4-6-8-15/h4-8,14,16-17H,3,9-13H2,1-2H3/t14?,16-,17-/m0/s1. The number of hydrogen-bond donors (Lipinski definition) is 0. The lowest BCUT2D eigenvalue weighted by Gasteiger charge is -2.35. The minimum Gasteiger partial charge on any atom is -0.423 e. The summed E-state index contributed by atoms with van der Waals surface area (Å²) in [6.45, 7) is 5.25. The van der Waals surface area contributed by atoms with Crippen LogP contribution in [0.3, 0.4) is 0 Å². The van der Waals surface area contributed by atoms with E-state index in [2.05, 4.69) is 24.0 Å². The molecule has 1 aliphatic carbocycles. The topological polar surface area (TPSA) is 71.7 Å². The molecule has 1 aromatic carbocycles. The van der Waals surface area contributed by atoms with Crippen LogP contribution in [0.1, 0.15) is 68.8 Å². The van der Waals surface area contributed by atoms with Crippen LogP contribution < -0.4 is 0 Å². The summed E-state index contributed by atoms with van der Waals surface area (Å²) >= 11 is 0. The van der Waals surface area contributed by atoms with Gasteiger partial charge in [-0.25, -0.2) is 4.79 Å². The van der Waals surface area contributed by atoms with Crippen LogP contribution in [0, 0.1) is 5.41 Å². The number of nitrogens with zero attached hydrogens (tertiary/aromatic N) is 4. The average molecular weight is 382 g/mol. The van der Waals surface area contributed by atoms with Crippen molar-refractivity contribution in [2.75, 3.05) is 6.54 Å². The van der Waals surface area contributed by atoms with Gasteiger partial charge in [-0.05, 0) is 36.7 Å². The fourth-order valence-electron chi connectivity index (χ4n) is 4.47. The van der Waals surface area contributed by atoms with Gasteiger partial charge in [0.1, 0.15) is 12.6 Å². The van der Waals surface area contributed by atoms with E-state index in [4.69, 9.17) is 9.25 Å². The van der Waals surface area contributed by atoms with E-state index in [-0.39, 0.29) is 29.4 Å².